The maximum atomic E-state index is 14.0. The van der Waals surface area contributed by atoms with Crippen LogP contribution >= 0.6 is 0 Å². The summed E-state index contributed by atoms with van der Waals surface area (Å²) in [7, 11) is 0. The zero-order chi connectivity index (χ0) is 31.1. The van der Waals surface area contributed by atoms with Crippen LogP contribution in [0.15, 0.2) is 30.7 Å². The molecule has 2 aliphatic rings. The van der Waals surface area contributed by atoms with Gasteiger partial charge in [-0.2, -0.15) is 23.4 Å². The minimum atomic E-state index is -4.91. The Hall–Kier alpha value is -3.62. The lowest BCUT2D eigenvalue weighted by Gasteiger charge is -2.33. The van der Waals surface area contributed by atoms with Crippen molar-refractivity contribution in [2.75, 3.05) is 0 Å². The van der Waals surface area contributed by atoms with E-state index >= 15 is 0 Å². The fraction of sp³-hybridized carbons (Fsp3) is 0.607. The number of amides is 2. The molecule has 10 nitrogen and oxygen atoms in total. The second-order valence-electron chi connectivity index (χ2n) is 11.8. The van der Waals surface area contributed by atoms with Crippen LogP contribution in [0.1, 0.15) is 98.7 Å². The van der Waals surface area contributed by atoms with Gasteiger partial charge in [0.15, 0.2) is 11.8 Å². The molecule has 0 radical (unpaired) electrons. The summed E-state index contributed by atoms with van der Waals surface area (Å²) in [6.07, 6.45) is -2.95. The molecule has 3 aromatic heterocycles. The zero-order valence-electron chi connectivity index (χ0n) is 23.7. The van der Waals surface area contributed by atoms with Crippen LogP contribution in [0, 0.1) is 11.8 Å². The summed E-state index contributed by atoms with van der Waals surface area (Å²) in [4.78, 5) is 30.4. The number of hydrogen-bond acceptors (Lipinski definition) is 6. The molecule has 1 unspecified atom stereocenters. The molecular weight excluding hydrogens is 577 g/mol. The predicted octanol–water partition coefficient (Wildman–Crippen LogP) is 4.68. The van der Waals surface area contributed by atoms with Gasteiger partial charge in [0, 0.05) is 25.1 Å². The van der Waals surface area contributed by atoms with Gasteiger partial charge in [0.1, 0.15) is 5.69 Å². The van der Waals surface area contributed by atoms with E-state index in [4.69, 9.17) is 0 Å². The van der Waals surface area contributed by atoms with E-state index in [9.17, 15) is 36.6 Å². The van der Waals surface area contributed by atoms with Crippen LogP contribution in [0.4, 0.5) is 22.0 Å². The number of imidazole rings is 1. The standard InChI is InChI=1S/C28H34F5N7O3/c1-15(2)40-20(7-10-34-40)26(43)38-25(17-5-8-27(29,30)9-6-17)19-14-39-22(36-19)11-18(13-35-39)24(16-3-4-16)37-23(42)12-21(41)28(31,32)33/h7,10-11,13-17,21,24-25,41H,3-6,8-9,12H2,1-2H3,(H,37,42)(H,38,43)/t21?,24-,25+/m1/s1. The van der Waals surface area contributed by atoms with Crippen LogP contribution < -0.4 is 10.6 Å². The van der Waals surface area contributed by atoms with E-state index in [1.807, 2.05) is 13.8 Å². The highest BCUT2D eigenvalue weighted by Gasteiger charge is 2.42. The predicted molar refractivity (Wildman–Crippen MR) is 143 cm³/mol. The lowest BCUT2D eigenvalue weighted by Crippen LogP contribution is -2.38. The molecule has 0 saturated heterocycles. The molecule has 5 rings (SSSR count). The highest BCUT2D eigenvalue weighted by atomic mass is 19.4. The number of carbonyl (C=O) groups is 2. The first kappa shape index (κ1) is 30.8. The molecular formula is C28H34F5N7O3. The van der Waals surface area contributed by atoms with Crippen LogP contribution in [0.5, 0.6) is 0 Å². The van der Waals surface area contributed by atoms with Gasteiger partial charge in [0.25, 0.3) is 5.91 Å². The first-order valence-corrected chi connectivity index (χ1v) is 14.3. The fourth-order valence-electron chi connectivity index (χ4n) is 5.61. The van der Waals surface area contributed by atoms with Crippen molar-refractivity contribution in [3.05, 3.63) is 47.7 Å². The smallest absolute Gasteiger partial charge is 0.383 e. The van der Waals surface area contributed by atoms with Crippen LogP contribution in [-0.4, -0.2) is 59.5 Å². The summed E-state index contributed by atoms with van der Waals surface area (Å²) < 4.78 is 69.3. The van der Waals surface area contributed by atoms with Crippen molar-refractivity contribution in [3.8, 4) is 0 Å². The third-order valence-electron chi connectivity index (χ3n) is 8.12. The Morgan fingerprint density at radius 2 is 1.74 bits per heavy atom. The highest BCUT2D eigenvalue weighted by Crippen LogP contribution is 2.43. The lowest BCUT2D eigenvalue weighted by molar-refractivity contribution is -0.206. The molecule has 0 spiro atoms. The monoisotopic (exact) mass is 611 g/mol. The van der Waals surface area contributed by atoms with Gasteiger partial charge in [-0.1, -0.05) is 0 Å². The van der Waals surface area contributed by atoms with E-state index < -0.39 is 48.5 Å². The van der Waals surface area contributed by atoms with Gasteiger partial charge in [-0.3, -0.25) is 14.3 Å². The molecule has 3 atom stereocenters. The number of carbonyl (C=O) groups excluding carboxylic acids is 2. The zero-order valence-corrected chi connectivity index (χ0v) is 23.7. The Balaban J connectivity index is 1.41. The largest absolute Gasteiger partial charge is 0.414 e. The molecule has 0 aromatic carbocycles. The summed E-state index contributed by atoms with van der Waals surface area (Å²) >= 11 is 0. The van der Waals surface area contributed by atoms with E-state index in [0.29, 0.717) is 22.6 Å². The molecule has 0 bridgehead atoms. The van der Waals surface area contributed by atoms with Gasteiger partial charge in [0.05, 0.1) is 36.6 Å². The number of nitrogens with zero attached hydrogens (tertiary/aromatic N) is 5. The van der Waals surface area contributed by atoms with Gasteiger partial charge < -0.3 is 15.7 Å². The first-order chi connectivity index (χ1) is 20.2. The quantitative estimate of drug-likeness (QED) is 0.286. The average molecular weight is 612 g/mol. The summed E-state index contributed by atoms with van der Waals surface area (Å²) in [5, 5.41) is 23.5. The van der Waals surface area contributed by atoms with Crippen LogP contribution in [0.25, 0.3) is 5.65 Å². The topological polar surface area (TPSA) is 126 Å². The maximum Gasteiger partial charge on any atom is 0.414 e. The summed E-state index contributed by atoms with van der Waals surface area (Å²) in [6.45, 7) is 3.76. The lowest BCUT2D eigenvalue weighted by atomic mass is 9.81. The second-order valence-corrected chi connectivity index (χ2v) is 11.8. The van der Waals surface area contributed by atoms with E-state index in [1.54, 1.807) is 23.0 Å². The average Bonchev–Trinajstić information content (AvgIpc) is 3.47. The number of hydrogen-bond donors (Lipinski definition) is 3. The Morgan fingerprint density at radius 3 is 2.37 bits per heavy atom. The molecule has 2 amide bonds. The number of nitrogens with one attached hydrogen (secondary N) is 2. The Morgan fingerprint density at radius 1 is 1.07 bits per heavy atom. The second kappa shape index (κ2) is 11.8. The molecule has 3 aromatic rings. The molecule has 2 aliphatic carbocycles. The van der Waals surface area contributed by atoms with Crippen molar-refractivity contribution in [1.29, 1.82) is 0 Å². The van der Waals surface area contributed by atoms with Crippen LogP contribution in [0.3, 0.4) is 0 Å². The third-order valence-corrected chi connectivity index (χ3v) is 8.12. The number of halogens is 5. The van der Waals surface area contributed by atoms with E-state index in [1.165, 1.54) is 16.9 Å². The summed E-state index contributed by atoms with van der Waals surface area (Å²) in [6, 6.07) is 1.82. The minimum absolute atomic E-state index is 0.00702. The van der Waals surface area contributed by atoms with Crippen LogP contribution in [0.2, 0.25) is 0 Å². The molecule has 2 saturated carbocycles. The molecule has 2 fully saturated rings. The summed E-state index contributed by atoms with van der Waals surface area (Å²) in [5.74, 6) is -4.45. The number of aromatic nitrogens is 5. The van der Waals surface area contributed by atoms with E-state index in [0.717, 1.165) is 12.8 Å². The number of fused-ring (bicyclic) bond motifs is 1. The van der Waals surface area contributed by atoms with Gasteiger partial charge in [-0.25, -0.2) is 18.3 Å². The van der Waals surface area contributed by atoms with Crippen molar-refractivity contribution in [2.24, 2.45) is 11.8 Å². The molecule has 15 heteroatoms. The van der Waals surface area contributed by atoms with Gasteiger partial charge in [-0.15, -0.1) is 0 Å². The fourth-order valence-corrected chi connectivity index (χ4v) is 5.61. The molecule has 3 N–H and O–H groups in total. The molecule has 3 heterocycles. The number of aliphatic hydroxyl groups excluding tert-OH is 1. The van der Waals surface area contributed by atoms with Gasteiger partial charge in [-0.05, 0) is 69.1 Å². The number of alkyl halides is 5. The Labute approximate surface area is 244 Å². The Bertz CT molecular complexity index is 1460. The molecule has 43 heavy (non-hydrogen) atoms. The first-order valence-electron chi connectivity index (χ1n) is 14.3. The van der Waals surface area contributed by atoms with E-state index in [2.05, 4.69) is 25.8 Å². The highest BCUT2D eigenvalue weighted by molar-refractivity contribution is 5.92. The van der Waals surface area contributed by atoms with Crippen molar-refractivity contribution >= 4 is 17.5 Å². The van der Waals surface area contributed by atoms with E-state index in [-0.39, 0.29) is 43.6 Å². The van der Waals surface area contributed by atoms with Gasteiger partial charge >= 0.3 is 6.18 Å². The van der Waals surface area contributed by atoms with Crippen LogP contribution in [-0.2, 0) is 4.79 Å². The van der Waals surface area contributed by atoms with Crippen molar-refractivity contribution in [3.63, 3.8) is 0 Å². The van der Waals surface area contributed by atoms with Crippen molar-refractivity contribution < 1.29 is 36.6 Å². The van der Waals surface area contributed by atoms with Crippen molar-refractivity contribution in [1.82, 2.24) is 35.0 Å². The Kier molecular flexibility index (Phi) is 8.47. The van der Waals surface area contributed by atoms with Gasteiger partial charge in [0.2, 0.25) is 11.8 Å². The minimum Gasteiger partial charge on any atom is -0.383 e. The third kappa shape index (κ3) is 7.13. The van der Waals surface area contributed by atoms with Crippen molar-refractivity contribution in [2.45, 2.75) is 95.1 Å². The number of rotatable bonds is 10. The maximum absolute atomic E-state index is 14.0. The molecule has 234 valence electrons. The normalized spacial score (nSPS) is 19.7. The number of aliphatic hydroxyl groups is 1. The SMILES string of the molecule is CC(C)n1nccc1C(=O)N[C@H](c1cn2ncc([C@H](NC(=O)CC(O)C(F)(F)F)C3CC3)cc2n1)C1CCC(F)(F)CC1. The molecule has 0 aliphatic heterocycles. The summed E-state index contributed by atoms with van der Waals surface area (Å²) in [5.41, 5.74) is 1.63.